The summed E-state index contributed by atoms with van der Waals surface area (Å²) in [5.41, 5.74) is 0. The Morgan fingerprint density at radius 3 is 2.31 bits per heavy atom. The summed E-state index contributed by atoms with van der Waals surface area (Å²) in [7, 11) is 0. The second-order valence-electron chi connectivity index (χ2n) is 2.58. The first-order valence-electron chi connectivity index (χ1n) is 4.49. The molecule has 0 saturated heterocycles. The molecule has 0 aliphatic rings. The van der Waals surface area contributed by atoms with Crippen LogP contribution in [0.2, 0.25) is 0 Å². The van der Waals surface area contributed by atoms with E-state index >= 15 is 0 Å². The van der Waals surface area contributed by atoms with Crippen LogP contribution in [-0.4, -0.2) is 30.2 Å². The lowest BCUT2D eigenvalue weighted by Crippen LogP contribution is -2.37. The van der Waals surface area contributed by atoms with Gasteiger partial charge in [0.15, 0.2) is 0 Å². The van der Waals surface area contributed by atoms with Gasteiger partial charge in [-0.15, -0.1) is 5.92 Å². The van der Waals surface area contributed by atoms with Crippen LogP contribution in [0.3, 0.4) is 0 Å². The molecule has 0 aromatic carbocycles. The molecule has 0 spiro atoms. The minimum absolute atomic E-state index is 0.292. The third-order valence-corrected chi connectivity index (χ3v) is 1.69. The Bertz CT molecular complexity index is 211. The summed E-state index contributed by atoms with van der Waals surface area (Å²) in [6.07, 6.45) is -0.391. The minimum atomic E-state index is -0.391. The molecule has 0 aromatic heterocycles. The summed E-state index contributed by atoms with van der Waals surface area (Å²) < 4.78 is 5.05. The molecule has 0 aliphatic heterocycles. The van der Waals surface area contributed by atoms with E-state index in [0.29, 0.717) is 0 Å². The maximum absolute atomic E-state index is 10.7. The molecular weight excluding hydrogens is 166 g/mol. The number of hydrogen-bond donors (Lipinski definition) is 0. The number of nitrogens with zero attached hydrogens (tertiary/aromatic N) is 1. The zero-order valence-corrected chi connectivity index (χ0v) is 8.76. The lowest BCUT2D eigenvalue weighted by Gasteiger charge is -2.24. The molecule has 13 heavy (non-hydrogen) atoms. The highest BCUT2D eigenvalue weighted by atomic mass is 16.6. The fourth-order valence-corrected chi connectivity index (χ4v) is 1.03. The van der Waals surface area contributed by atoms with E-state index in [1.54, 1.807) is 6.92 Å². The van der Waals surface area contributed by atoms with Crippen LogP contribution in [0.1, 0.15) is 27.7 Å². The molecule has 0 saturated carbocycles. The Kier molecular flexibility index (Phi) is 5.99. The fourth-order valence-electron chi connectivity index (χ4n) is 1.03. The van der Waals surface area contributed by atoms with E-state index in [4.69, 9.17) is 4.74 Å². The van der Waals surface area contributed by atoms with Crippen molar-refractivity contribution in [2.45, 2.75) is 33.9 Å². The second-order valence-corrected chi connectivity index (χ2v) is 2.58. The molecular formula is C10H17NO2. The predicted octanol–water partition coefficient (Wildman–Crippen LogP) is 1.24. The SMILES string of the molecule is CC#CC(OC(C)=O)N(CC)CC. The molecule has 0 radical (unpaired) electrons. The van der Waals surface area contributed by atoms with Gasteiger partial charge in [-0.2, -0.15) is 0 Å². The van der Waals surface area contributed by atoms with Crippen molar-refractivity contribution in [1.82, 2.24) is 4.90 Å². The largest absolute Gasteiger partial charge is 0.435 e. The van der Waals surface area contributed by atoms with Crippen LogP contribution in [0.4, 0.5) is 0 Å². The van der Waals surface area contributed by atoms with Crippen LogP contribution in [0.5, 0.6) is 0 Å². The molecule has 0 bridgehead atoms. The van der Waals surface area contributed by atoms with E-state index in [0.717, 1.165) is 13.1 Å². The van der Waals surface area contributed by atoms with Crippen molar-refractivity contribution in [3.8, 4) is 11.8 Å². The maximum atomic E-state index is 10.7. The third-order valence-electron chi connectivity index (χ3n) is 1.69. The van der Waals surface area contributed by atoms with Crippen LogP contribution in [-0.2, 0) is 9.53 Å². The molecule has 3 nitrogen and oxygen atoms in total. The standard InChI is InChI=1S/C10H17NO2/c1-5-8-10(13-9(4)12)11(6-2)7-3/h10H,6-7H2,1-4H3. The molecule has 74 valence electrons. The first kappa shape index (κ1) is 12.0. The number of esters is 1. The van der Waals surface area contributed by atoms with Gasteiger partial charge < -0.3 is 4.74 Å². The van der Waals surface area contributed by atoms with Crippen LogP contribution < -0.4 is 0 Å². The summed E-state index contributed by atoms with van der Waals surface area (Å²) in [6, 6.07) is 0. The summed E-state index contributed by atoms with van der Waals surface area (Å²) in [5, 5.41) is 0. The van der Waals surface area contributed by atoms with Crippen molar-refractivity contribution < 1.29 is 9.53 Å². The topological polar surface area (TPSA) is 29.5 Å². The van der Waals surface area contributed by atoms with E-state index < -0.39 is 6.23 Å². The number of hydrogen-bond acceptors (Lipinski definition) is 3. The fraction of sp³-hybridized carbons (Fsp3) is 0.700. The van der Waals surface area contributed by atoms with E-state index in [1.165, 1.54) is 6.92 Å². The second kappa shape index (κ2) is 6.50. The van der Waals surface area contributed by atoms with E-state index in [2.05, 4.69) is 11.8 Å². The molecule has 0 heterocycles. The van der Waals surface area contributed by atoms with E-state index in [-0.39, 0.29) is 5.97 Å². The first-order valence-corrected chi connectivity index (χ1v) is 4.49. The monoisotopic (exact) mass is 183 g/mol. The van der Waals surface area contributed by atoms with Crippen LogP contribution >= 0.6 is 0 Å². The Morgan fingerprint density at radius 2 is 2.00 bits per heavy atom. The van der Waals surface area contributed by atoms with Crippen LogP contribution in [0.25, 0.3) is 0 Å². The van der Waals surface area contributed by atoms with E-state index in [9.17, 15) is 4.79 Å². The summed E-state index contributed by atoms with van der Waals surface area (Å²) in [5.74, 6) is 5.31. The average molecular weight is 183 g/mol. The normalized spacial score (nSPS) is 11.8. The molecule has 1 atom stereocenters. The average Bonchev–Trinajstić information content (AvgIpc) is 2.05. The Labute approximate surface area is 80.1 Å². The van der Waals surface area contributed by atoms with Gasteiger partial charge in [-0.1, -0.05) is 13.8 Å². The van der Waals surface area contributed by atoms with Gasteiger partial charge in [0, 0.05) is 6.92 Å². The number of carbonyl (C=O) groups excluding carboxylic acids is 1. The van der Waals surface area contributed by atoms with Gasteiger partial charge in [-0.3, -0.25) is 9.69 Å². The quantitative estimate of drug-likeness (QED) is 0.373. The Hall–Kier alpha value is -1.01. The van der Waals surface area contributed by atoms with Gasteiger partial charge >= 0.3 is 5.97 Å². The zero-order chi connectivity index (χ0) is 10.3. The summed E-state index contributed by atoms with van der Waals surface area (Å²) in [4.78, 5) is 12.7. The minimum Gasteiger partial charge on any atom is -0.435 e. The number of rotatable bonds is 4. The van der Waals surface area contributed by atoms with Crippen molar-refractivity contribution in [3.63, 3.8) is 0 Å². The Balaban J connectivity index is 4.35. The first-order chi connectivity index (χ1) is 6.15. The van der Waals surface area contributed by atoms with Gasteiger partial charge in [-0.25, -0.2) is 0 Å². The highest BCUT2D eigenvalue weighted by Crippen LogP contribution is 2.00. The summed E-state index contributed by atoms with van der Waals surface area (Å²) >= 11 is 0. The van der Waals surface area contributed by atoms with Crippen LogP contribution in [0.15, 0.2) is 0 Å². The van der Waals surface area contributed by atoms with Crippen molar-refractivity contribution in [1.29, 1.82) is 0 Å². The van der Waals surface area contributed by atoms with Crippen molar-refractivity contribution in [3.05, 3.63) is 0 Å². The smallest absolute Gasteiger partial charge is 0.304 e. The lowest BCUT2D eigenvalue weighted by atomic mass is 10.4. The summed E-state index contributed by atoms with van der Waals surface area (Å²) in [6.45, 7) is 8.80. The lowest BCUT2D eigenvalue weighted by molar-refractivity contribution is -0.150. The molecule has 0 N–H and O–H groups in total. The zero-order valence-electron chi connectivity index (χ0n) is 8.76. The van der Waals surface area contributed by atoms with Gasteiger partial charge in [-0.05, 0) is 25.9 Å². The predicted molar refractivity (Wildman–Crippen MR) is 51.9 cm³/mol. The molecule has 0 aromatic rings. The van der Waals surface area contributed by atoms with E-state index in [1.807, 2.05) is 18.7 Å². The van der Waals surface area contributed by atoms with Crippen molar-refractivity contribution >= 4 is 5.97 Å². The molecule has 0 rings (SSSR count). The highest BCUT2D eigenvalue weighted by molar-refractivity contribution is 5.66. The molecule has 3 heteroatoms. The van der Waals surface area contributed by atoms with Crippen molar-refractivity contribution in [2.75, 3.05) is 13.1 Å². The maximum Gasteiger partial charge on any atom is 0.304 e. The van der Waals surface area contributed by atoms with Crippen molar-refractivity contribution in [2.24, 2.45) is 0 Å². The molecule has 0 amide bonds. The van der Waals surface area contributed by atoms with Gasteiger partial charge in [0.1, 0.15) is 0 Å². The van der Waals surface area contributed by atoms with Gasteiger partial charge in [0.25, 0.3) is 0 Å². The van der Waals surface area contributed by atoms with Gasteiger partial charge in [0.05, 0.1) is 0 Å². The Morgan fingerprint density at radius 1 is 1.46 bits per heavy atom. The van der Waals surface area contributed by atoms with Gasteiger partial charge in [0.2, 0.25) is 6.23 Å². The number of ether oxygens (including phenoxy) is 1. The molecule has 0 aliphatic carbocycles. The third kappa shape index (κ3) is 4.54. The molecule has 1 unspecified atom stereocenters. The highest BCUT2D eigenvalue weighted by Gasteiger charge is 2.14. The molecule has 0 fully saturated rings. The number of carbonyl (C=O) groups is 1. The van der Waals surface area contributed by atoms with Crippen LogP contribution in [0, 0.1) is 11.8 Å².